The number of nitro benzene ring substituents is 1. The quantitative estimate of drug-likeness (QED) is 0.0856. The normalized spacial score (nSPS) is 10.8. The van der Waals surface area contributed by atoms with E-state index in [1.54, 1.807) is 24.3 Å². The van der Waals surface area contributed by atoms with E-state index in [4.69, 9.17) is 9.97 Å². The van der Waals surface area contributed by atoms with Crippen molar-refractivity contribution in [3.05, 3.63) is 130 Å². The van der Waals surface area contributed by atoms with Gasteiger partial charge in [0.05, 0.1) is 22.5 Å². The summed E-state index contributed by atoms with van der Waals surface area (Å²) >= 11 is 1.23. The zero-order chi connectivity index (χ0) is 30.2. The first-order valence-electron chi connectivity index (χ1n) is 13.0. The molecule has 11 heteroatoms. The number of rotatable bonds is 9. The minimum absolute atomic E-state index is 0.135. The Balaban J connectivity index is 1.45. The highest BCUT2D eigenvalue weighted by molar-refractivity contribution is 7.99. The summed E-state index contributed by atoms with van der Waals surface area (Å²) in [6.45, 7) is 1.37. The number of benzene rings is 4. The molecule has 0 fully saturated rings. The lowest BCUT2D eigenvalue weighted by atomic mass is 10.1. The first kappa shape index (κ1) is 28.8. The van der Waals surface area contributed by atoms with Crippen LogP contribution in [0.1, 0.15) is 22.8 Å². The maximum absolute atomic E-state index is 12.7. The summed E-state index contributed by atoms with van der Waals surface area (Å²) in [5, 5.41) is 18.6. The SMILES string of the molecule is CC(=O)Nc1cccc(C(=O)N/N=C/c2cc([N+](=O)[O-])ccc2Sc2nc(-c3ccccc3)cc(-c3ccccc3)n2)c1. The summed E-state index contributed by atoms with van der Waals surface area (Å²) in [7, 11) is 0. The van der Waals surface area contributed by atoms with Gasteiger partial charge in [0, 0.05) is 51.9 Å². The molecule has 1 aromatic heterocycles. The van der Waals surface area contributed by atoms with E-state index in [2.05, 4.69) is 15.8 Å². The molecule has 2 amide bonds. The largest absolute Gasteiger partial charge is 0.326 e. The van der Waals surface area contributed by atoms with Gasteiger partial charge in [0.25, 0.3) is 11.6 Å². The fourth-order valence-electron chi connectivity index (χ4n) is 4.09. The lowest BCUT2D eigenvalue weighted by molar-refractivity contribution is -0.384. The van der Waals surface area contributed by atoms with Gasteiger partial charge in [-0.05, 0) is 42.1 Å². The average molecular weight is 589 g/mol. The van der Waals surface area contributed by atoms with E-state index >= 15 is 0 Å². The molecule has 0 saturated carbocycles. The zero-order valence-electron chi connectivity index (χ0n) is 22.8. The van der Waals surface area contributed by atoms with E-state index in [0.29, 0.717) is 21.3 Å². The lowest BCUT2D eigenvalue weighted by Crippen LogP contribution is -2.18. The second-order valence-electron chi connectivity index (χ2n) is 9.20. The molecule has 0 bridgehead atoms. The fourth-order valence-corrected chi connectivity index (χ4v) is 4.94. The molecule has 2 N–H and O–H groups in total. The molecule has 0 aliphatic carbocycles. The molecule has 5 aromatic rings. The van der Waals surface area contributed by atoms with Gasteiger partial charge < -0.3 is 5.32 Å². The molecular weight excluding hydrogens is 564 g/mol. The van der Waals surface area contributed by atoms with Gasteiger partial charge in [-0.2, -0.15) is 5.10 Å². The number of non-ortho nitro benzene ring substituents is 1. The molecule has 0 atom stereocenters. The number of nitrogens with one attached hydrogen (secondary N) is 2. The number of anilines is 1. The number of hydrogen-bond acceptors (Lipinski definition) is 8. The number of carbonyl (C=O) groups is 2. The van der Waals surface area contributed by atoms with Crippen molar-refractivity contribution in [2.75, 3.05) is 5.32 Å². The molecule has 0 unspecified atom stereocenters. The molecule has 0 radical (unpaired) electrons. The Kier molecular flexibility index (Phi) is 8.93. The summed E-state index contributed by atoms with van der Waals surface area (Å²) in [4.78, 5) is 45.2. The minimum atomic E-state index is -0.519. The van der Waals surface area contributed by atoms with Crippen LogP contribution in [0.4, 0.5) is 11.4 Å². The molecule has 0 aliphatic rings. The number of hydrogen-bond donors (Lipinski definition) is 2. The van der Waals surface area contributed by atoms with Gasteiger partial charge in [-0.25, -0.2) is 15.4 Å². The first-order valence-corrected chi connectivity index (χ1v) is 13.8. The summed E-state index contributed by atoms with van der Waals surface area (Å²) in [6, 6.07) is 32.1. The molecular formula is C32H24N6O4S. The van der Waals surface area contributed by atoms with Crippen molar-refractivity contribution in [1.29, 1.82) is 0 Å². The number of aromatic nitrogens is 2. The van der Waals surface area contributed by atoms with Gasteiger partial charge >= 0.3 is 0 Å². The van der Waals surface area contributed by atoms with Gasteiger partial charge in [0.1, 0.15) is 0 Å². The third kappa shape index (κ3) is 7.54. The predicted octanol–water partition coefficient (Wildman–Crippen LogP) is 6.59. The second kappa shape index (κ2) is 13.3. The number of nitro groups is 1. The Hall–Kier alpha value is -5.68. The van der Waals surface area contributed by atoms with Gasteiger partial charge in [0.15, 0.2) is 5.16 Å². The number of amides is 2. The Morgan fingerprint density at radius 3 is 2.09 bits per heavy atom. The number of hydrazone groups is 1. The van der Waals surface area contributed by atoms with Gasteiger partial charge in [-0.1, -0.05) is 66.7 Å². The highest BCUT2D eigenvalue weighted by Gasteiger charge is 2.15. The molecule has 1 heterocycles. The maximum atomic E-state index is 12.7. The van der Waals surface area contributed by atoms with Crippen LogP contribution in [-0.4, -0.2) is 32.9 Å². The number of carbonyl (C=O) groups excluding carboxylic acids is 2. The summed E-state index contributed by atoms with van der Waals surface area (Å²) in [6.07, 6.45) is 1.34. The van der Waals surface area contributed by atoms with Crippen LogP contribution in [0.3, 0.4) is 0 Å². The van der Waals surface area contributed by atoms with Crippen LogP contribution in [0.5, 0.6) is 0 Å². The van der Waals surface area contributed by atoms with Crippen LogP contribution in [0.25, 0.3) is 22.5 Å². The fraction of sp³-hybridized carbons (Fsp3) is 0.0312. The van der Waals surface area contributed by atoms with Crippen molar-refractivity contribution in [3.63, 3.8) is 0 Å². The second-order valence-corrected chi connectivity index (χ2v) is 10.2. The smallest absolute Gasteiger partial charge is 0.271 e. The van der Waals surface area contributed by atoms with Gasteiger partial charge in [0.2, 0.25) is 5.91 Å². The summed E-state index contributed by atoms with van der Waals surface area (Å²) in [5.74, 6) is -0.782. The average Bonchev–Trinajstić information content (AvgIpc) is 3.02. The van der Waals surface area contributed by atoms with Crippen LogP contribution in [0, 0.1) is 10.1 Å². The van der Waals surface area contributed by atoms with Crippen molar-refractivity contribution in [2.45, 2.75) is 17.0 Å². The highest BCUT2D eigenvalue weighted by Crippen LogP contribution is 2.33. The summed E-state index contributed by atoms with van der Waals surface area (Å²) < 4.78 is 0. The van der Waals surface area contributed by atoms with E-state index in [-0.39, 0.29) is 17.2 Å². The standard InChI is InChI=1S/C32H24N6O4S/c1-21(39)34-26-14-8-13-24(17-26)31(40)37-33-20-25-18-27(38(41)42)15-16-30(25)43-32-35-28(22-9-4-2-5-10-22)19-29(36-32)23-11-6-3-7-12-23/h2-20H,1H3,(H,34,39)(H,37,40)/b33-20+. The Morgan fingerprint density at radius 2 is 1.49 bits per heavy atom. The van der Waals surface area contributed by atoms with Crippen molar-refractivity contribution in [3.8, 4) is 22.5 Å². The molecule has 4 aromatic carbocycles. The Morgan fingerprint density at radius 1 is 0.837 bits per heavy atom. The van der Waals surface area contributed by atoms with E-state index < -0.39 is 10.8 Å². The van der Waals surface area contributed by atoms with Gasteiger partial charge in [-0.15, -0.1) is 0 Å². The topological polar surface area (TPSA) is 139 Å². The molecule has 212 valence electrons. The summed E-state index contributed by atoms with van der Waals surface area (Å²) in [5.41, 5.74) is 6.72. The lowest BCUT2D eigenvalue weighted by Gasteiger charge is -2.10. The maximum Gasteiger partial charge on any atom is 0.271 e. The van der Waals surface area contributed by atoms with Crippen molar-refractivity contribution < 1.29 is 14.5 Å². The van der Waals surface area contributed by atoms with Gasteiger partial charge in [-0.3, -0.25) is 19.7 Å². The van der Waals surface area contributed by atoms with Crippen LogP contribution in [-0.2, 0) is 4.79 Å². The van der Waals surface area contributed by atoms with Crippen LogP contribution in [0.2, 0.25) is 0 Å². The monoisotopic (exact) mass is 588 g/mol. The minimum Gasteiger partial charge on any atom is -0.326 e. The van der Waals surface area contributed by atoms with Crippen molar-refractivity contribution in [1.82, 2.24) is 15.4 Å². The first-order chi connectivity index (χ1) is 20.9. The van der Waals surface area contributed by atoms with E-state index in [1.165, 1.54) is 43.1 Å². The third-order valence-corrected chi connectivity index (χ3v) is 7.02. The Bertz CT molecular complexity index is 1770. The van der Waals surface area contributed by atoms with Crippen molar-refractivity contribution in [2.24, 2.45) is 5.10 Å². The zero-order valence-corrected chi connectivity index (χ0v) is 23.6. The van der Waals surface area contributed by atoms with E-state index in [9.17, 15) is 19.7 Å². The van der Waals surface area contributed by atoms with E-state index in [0.717, 1.165) is 22.5 Å². The molecule has 0 saturated heterocycles. The van der Waals surface area contributed by atoms with Crippen LogP contribution >= 0.6 is 11.8 Å². The molecule has 0 spiro atoms. The molecule has 10 nitrogen and oxygen atoms in total. The van der Waals surface area contributed by atoms with Crippen LogP contribution in [0.15, 0.2) is 124 Å². The molecule has 5 rings (SSSR count). The predicted molar refractivity (Wildman–Crippen MR) is 166 cm³/mol. The van der Waals surface area contributed by atoms with Crippen LogP contribution < -0.4 is 10.7 Å². The Labute approximate surface area is 251 Å². The third-order valence-electron chi connectivity index (χ3n) is 6.07. The highest BCUT2D eigenvalue weighted by atomic mass is 32.2. The number of nitrogens with zero attached hydrogens (tertiary/aromatic N) is 4. The van der Waals surface area contributed by atoms with Crippen molar-refractivity contribution >= 4 is 41.2 Å². The molecule has 43 heavy (non-hydrogen) atoms. The van der Waals surface area contributed by atoms with E-state index in [1.807, 2.05) is 66.7 Å². The molecule has 0 aliphatic heterocycles.